The molecular formula is C16H28N4O8S2. The zero-order valence-electron chi connectivity index (χ0n) is 16.4. The Morgan fingerprint density at radius 1 is 0.933 bits per heavy atom. The number of carbonyl (C=O) groups is 5. The first-order valence-corrected chi connectivity index (χ1v) is 10.9. The maximum atomic E-state index is 12.5. The van der Waals surface area contributed by atoms with E-state index in [0.29, 0.717) is 5.75 Å². The molecule has 172 valence electrons. The first-order valence-electron chi connectivity index (χ1n) is 8.89. The summed E-state index contributed by atoms with van der Waals surface area (Å²) in [7, 11) is 0. The van der Waals surface area contributed by atoms with E-state index >= 15 is 0 Å². The summed E-state index contributed by atoms with van der Waals surface area (Å²) in [6, 6.07) is -5.00. The summed E-state index contributed by atoms with van der Waals surface area (Å²) < 4.78 is 0. The molecule has 14 heteroatoms. The number of thioether (sulfide) groups is 1. The largest absolute Gasteiger partial charge is 0.481 e. The highest BCUT2D eigenvalue weighted by Crippen LogP contribution is 2.04. The van der Waals surface area contributed by atoms with E-state index in [1.807, 2.05) is 0 Å². The van der Waals surface area contributed by atoms with Gasteiger partial charge in [0.25, 0.3) is 0 Å². The number of aliphatic hydroxyl groups is 1. The molecule has 0 spiro atoms. The molecule has 12 nitrogen and oxygen atoms in total. The number of carboxylic acids is 2. The second-order valence-corrected chi connectivity index (χ2v) is 7.56. The fourth-order valence-corrected chi connectivity index (χ4v) is 2.77. The highest BCUT2D eigenvalue weighted by molar-refractivity contribution is 7.98. The molecule has 0 saturated carbocycles. The molecule has 0 radical (unpaired) electrons. The van der Waals surface area contributed by atoms with Crippen LogP contribution in [0.3, 0.4) is 0 Å². The van der Waals surface area contributed by atoms with Crippen molar-refractivity contribution in [3.05, 3.63) is 0 Å². The van der Waals surface area contributed by atoms with E-state index in [1.165, 1.54) is 11.8 Å². The predicted molar refractivity (Wildman–Crippen MR) is 112 cm³/mol. The van der Waals surface area contributed by atoms with Gasteiger partial charge in [-0.3, -0.25) is 19.2 Å². The van der Waals surface area contributed by atoms with E-state index in [4.69, 9.17) is 15.9 Å². The Bertz CT molecular complexity index is 622. The molecule has 0 heterocycles. The van der Waals surface area contributed by atoms with Gasteiger partial charge in [-0.1, -0.05) is 0 Å². The number of nitrogens with one attached hydrogen (secondary N) is 3. The molecule has 3 amide bonds. The van der Waals surface area contributed by atoms with Gasteiger partial charge in [-0.2, -0.15) is 24.4 Å². The van der Waals surface area contributed by atoms with E-state index in [-0.39, 0.29) is 18.6 Å². The molecule has 0 aromatic carbocycles. The van der Waals surface area contributed by atoms with Gasteiger partial charge in [0.15, 0.2) is 0 Å². The van der Waals surface area contributed by atoms with Gasteiger partial charge in [-0.15, -0.1) is 0 Å². The number of carboxylic acid groups (broad SMARTS) is 2. The van der Waals surface area contributed by atoms with E-state index in [0.717, 1.165) is 0 Å². The maximum absolute atomic E-state index is 12.5. The van der Waals surface area contributed by atoms with Crippen LogP contribution in [0.1, 0.15) is 19.3 Å². The van der Waals surface area contributed by atoms with Crippen molar-refractivity contribution in [3.8, 4) is 0 Å². The molecule has 0 aromatic rings. The molecule has 0 aliphatic heterocycles. The summed E-state index contributed by atoms with van der Waals surface area (Å²) in [6.07, 6.45) is 1.13. The first kappa shape index (κ1) is 28.0. The number of nitrogens with two attached hydrogens (primary N) is 1. The van der Waals surface area contributed by atoms with E-state index in [1.54, 1.807) is 6.26 Å². The fourth-order valence-electron chi connectivity index (χ4n) is 2.13. The molecule has 4 atom stereocenters. The molecule has 0 fully saturated rings. The molecule has 0 aliphatic rings. The van der Waals surface area contributed by atoms with Crippen LogP contribution in [0.25, 0.3) is 0 Å². The highest BCUT2D eigenvalue weighted by atomic mass is 32.2. The number of rotatable bonds is 15. The third-order valence-electron chi connectivity index (χ3n) is 3.85. The maximum Gasteiger partial charge on any atom is 0.326 e. The van der Waals surface area contributed by atoms with E-state index < -0.39 is 66.9 Å². The Kier molecular flexibility index (Phi) is 13.9. The van der Waals surface area contributed by atoms with Gasteiger partial charge >= 0.3 is 11.9 Å². The van der Waals surface area contributed by atoms with Crippen molar-refractivity contribution in [1.82, 2.24) is 16.0 Å². The summed E-state index contributed by atoms with van der Waals surface area (Å²) in [5.74, 6) is -4.54. The number of aliphatic carboxylic acids is 2. The van der Waals surface area contributed by atoms with Crippen molar-refractivity contribution >= 4 is 54.1 Å². The zero-order valence-corrected chi connectivity index (χ0v) is 18.1. The van der Waals surface area contributed by atoms with Gasteiger partial charge < -0.3 is 37.0 Å². The lowest BCUT2D eigenvalue weighted by atomic mass is 10.1. The first-order chi connectivity index (χ1) is 14.1. The predicted octanol–water partition coefficient (Wildman–Crippen LogP) is -2.61. The van der Waals surface area contributed by atoms with Crippen LogP contribution in [0.15, 0.2) is 0 Å². The number of amides is 3. The molecule has 0 aromatic heterocycles. The number of aliphatic hydroxyl groups excluding tert-OH is 1. The quantitative estimate of drug-likeness (QED) is 0.117. The van der Waals surface area contributed by atoms with Crippen molar-refractivity contribution in [2.45, 2.75) is 43.4 Å². The molecule has 0 rings (SSSR count). The van der Waals surface area contributed by atoms with Crippen LogP contribution in [0.5, 0.6) is 0 Å². The van der Waals surface area contributed by atoms with Gasteiger partial charge in [-0.05, 0) is 24.9 Å². The van der Waals surface area contributed by atoms with Crippen LogP contribution in [0.4, 0.5) is 0 Å². The summed E-state index contributed by atoms with van der Waals surface area (Å²) in [5, 5.41) is 34.0. The standard InChI is InChI=1S/C16H28N4O8S2/c1-30-5-4-9(18-13(24)8(17)7-29)14(25)20-11(6-21)15(26)19-10(16(27)28)2-3-12(22)23/h8-11,21,29H,2-7,17H2,1H3,(H,18,24)(H,19,26)(H,20,25)(H,22,23)(H,27,28). The van der Waals surface area contributed by atoms with E-state index in [2.05, 4.69) is 28.6 Å². The highest BCUT2D eigenvalue weighted by Gasteiger charge is 2.29. The molecular weight excluding hydrogens is 440 g/mol. The van der Waals surface area contributed by atoms with Crippen LogP contribution in [0, 0.1) is 0 Å². The second kappa shape index (κ2) is 14.9. The minimum Gasteiger partial charge on any atom is -0.481 e. The lowest BCUT2D eigenvalue weighted by Crippen LogP contribution is -2.58. The molecule has 4 unspecified atom stereocenters. The summed E-state index contributed by atoms with van der Waals surface area (Å²) in [6.45, 7) is -0.845. The van der Waals surface area contributed by atoms with Crippen molar-refractivity contribution in [1.29, 1.82) is 0 Å². The lowest BCUT2D eigenvalue weighted by molar-refractivity contribution is -0.143. The van der Waals surface area contributed by atoms with Gasteiger partial charge in [0.1, 0.15) is 18.1 Å². The number of carbonyl (C=O) groups excluding carboxylic acids is 3. The third-order valence-corrected chi connectivity index (χ3v) is 4.89. The second-order valence-electron chi connectivity index (χ2n) is 6.21. The van der Waals surface area contributed by atoms with Crippen LogP contribution in [-0.4, -0.2) is 93.5 Å². The Hall–Kier alpha value is -2.03. The average molecular weight is 469 g/mol. The van der Waals surface area contributed by atoms with Gasteiger partial charge in [-0.25, -0.2) is 4.79 Å². The number of hydrogen-bond donors (Lipinski definition) is 8. The van der Waals surface area contributed by atoms with Crippen molar-refractivity contribution in [2.24, 2.45) is 5.73 Å². The normalized spacial score (nSPS) is 14.7. The molecule has 0 saturated heterocycles. The van der Waals surface area contributed by atoms with Gasteiger partial charge in [0.2, 0.25) is 17.7 Å². The zero-order chi connectivity index (χ0) is 23.3. The van der Waals surface area contributed by atoms with Crippen LogP contribution in [0.2, 0.25) is 0 Å². The fraction of sp³-hybridized carbons (Fsp3) is 0.688. The monoisotopic (exact) mass is 468 g/mol. The van der Waals surface area contributed by atoms with E-state index in [9.17, 15) is 29.1 Å². The van der Waals surface area contributed by atoms with Crippen molar-refractivity contribution in [2.75, 3.05) is 24.4 Å². The summed E-state index contributed by atoms with van der Waals surface area (Å²) >= 11 is 5.33. The smallest absolute Gasteiger partial charge is 0.326 e. The third kappa shape index (κ3) is 10.7. The Morgan fingerprint density at radius 2 is 1.47 bits per heavy atom. The Morgan fingerprint density at radius 3 is 1.93 bits per heavy atom. The Labute approximate surface area is 183 Å². The van der Waals surface area contributed by atoms with Crippen LogP contribution in [-0.2, 0) is 24.0 Å². The Balaban J connectivity index is 5.13. The summed E-state index contributed by atoms with van der Waals surface area (Å²) in [5.41, 5.74) is 5.58. The summed E-state index contributed by atoms with van der Waals surface area (Å²) in [4.78, 5) is 58.6. The number of hydrogen-bond acceptors (Lipinski definition) is 9. The lowest BCUT2D eigenvalue weighted by Gasteiger charge is -2.24. The van der Waals surface area contributed by atoms with Crippen molar-refractivity contribution in [3.63, 3.8) is 0 Å². The minimum absolute atomic E-state index is 0.0529. The molecule has 8 N–H and O–H groups in total. The van der Waals surface area contributed by atoms with Crippen LogP contribution < -0.4 is 21.7 Å². The topological polar surface area (TPSA) is 208 Å². The van der Waals surface area contributed by atoms with Crippen molar-refractivity contribution < 1.29 is 39.3 Å². The molecule has 30 heavy (non-hydrogen) atoms. The van der Waals surface area contributed by atoms with Crippen LogP contribution >= 0.6 is 24.4 Å². The molecule has 0 bridgehead atoms. The van der Waals surface area contributed by atoms with Gasteiger partial charge in [0, 0.05) is 12.2 Å². The minimum atomic E-state index is -1.51. The SMILES string of the molecule is CSCCC(NC(=O)C(N)CS)C(=O)NC(CO)C(=O)NC(CCC(=O)O)C(=O)O. The average Bonchev–Trinajstić information content (AvgIpc) is 2.70. The number of thiol groups is 1. The van der Waals surface area contributed by atoms with Gasteiger partial charge in [0.05, 0.1) is 12.6 Å². The molecule has 0 aliphatic carbocycles.